The van der Waals surface area contributed by atoms with E-state index in [1.54, 1.807) is 6.07 Å². The fourth-order valence-corrected chi connectivity index (χ4v) is 7.12. The third-order valence-corrected chi connectivity index (χ3v) is 7.44. The molecule has 1 saturated heterocycles. The molecule has 5 rings (SSSR count). The molecule has 2 spiro atoms. The summed E-state index contributed by atoms with van der Waals surface area (Å²) < 4.78 is 5.87. The van der Waals surface area contributed by atoms with E-state index in [9.17, 15) is 10.2 Å². The van der Waals surface area contributed by atoms with Gasteiger partial charge in [-0.2, -0.15) is 0 Å². The van der Waals surface area contributed by atoms with Crippen LogP contribution in [0.3, 0.4) is 0 Å². The quantitative estimate of drug-likeness (QED) is 0.763. The van der Waals surface area contributed by atoms with Gasteiger partial charge in [-0.25, -0.2) is 0 Å². The van der Waals surface area contributed by atoms with Crippen LogP contribution >= 0.6 is 0 Å². The molecule has 2 saturated carbocycles. The van der Waals surface area contributed by atoms with Gasteiger partial charge in [0.15, 0.2) is 0 Å². The monoisotopic (exact) mass is 345 g/mol. The largest absolute Gasteiger partial charge is 0.508 e. The number of nitrogens with zero attached hydrogens (tertiary/aromatic N) is 1. The zero-order valence-corrected chi connectivity index (χ0v) is 14.7. The molecule has 3 aliphatic carbocycles. The number of hydrogen-bond acceptors (Lipinski definition) is 5. The van der Waals surface area contributed by atoms with Crippen LogP contribution in [-0.4, -0.2) is 65.3 Å². The van der Waals surface area contributed by atoms with Crippen LogP contribution in [0.1, 0.15) is 30.4 Å². The van der Waals surface area contributed by atoms with Gasteiger partial charge >= 0.3 is 0 Å². The summed E-state index contributed by atoms with van der Waals surface area (Å²) in [5, 5.41) is 30.3. The molecule has 0 radical (unpaired) electrons. The van der Waals surface area contributed by atoms with Gasteiger partial charge in [-0.1, -0.05) is 6.07 Å². The van der Waals surface area contributed by atoms with Gasteiger partial charge in [-0.3, -0.25) is 0 Å². The molecule has 2 bridgehead atoms. The second kappa shape index (κ2) is 5.19. The summed E-state index contributed by atoms with van der Waals surface area (Å²) in [6.07, 6.45) is 3.20. The van der Waals surface area contributed by atoms with E-state index in [0.29, 0.717) is 24.8 Å². The maximum Gasteiger partial charge on any atom is 0.115 e. The Kier molecular flexibility index (Phi) is 3.34. The Hall–Kier alpha value is -1.14. The van der Waals surface area contributed by atoms with Crippen molar-refractivity contribution in [3.05, 3.63) is 29.3 Å². The first-order chi connectivity index (χ1) is 12.0. The smallest absolute Gasteiger partial charge is 0.115 e. The lowest BCUT2D eigenvalue weighted by molar-refractivity contribution is -0.106. The number of likely N-dealkylation sites (tertiary alicyclic amines) is 1. The highest BCUT2D eigenvalue weighted by atomic mass is 16.5. The van der Waals surface area contributed by atoms with Crippen molar-refractivity contribution in [3.63, 3.8) is 0 Å². The number of rotatable bonds is 3. The summed E-state index contributed by atoms with van der Waals surface area (Å²) in [6, 6.07) is 6.22. The number of fused-ring (bicyclic) bond motifs is 2. The van der Waals surface area contributed by atoms with Crippen LogP contribution in [-0.2, 0) is 16.6 Å². The molecule has 5 nitrogen and oxygen atoms in total. The van der Waals surface area contributed by atoms with E-state index in [1.165, 1.54) is 11.1 Å². The van der Waals surface area contributed by atoms with Crippen molar-refractivity contribution in [3.8, 4) is 5.75 Å². The van der Waals surface area contributed by atoms with Gasteiger partial charge in [0, 0.05) is 29.3 Å². The molecule has 1 aromatic carbocycles. The Morgan fingerprint density at radius 1 is 1.36 bits per heavy atom. The van der Waals surface area contributed by atoms with Crippen LogP contribution < -0.4 is 0 Å². The van der Waals surface area contributed by atoms with E-state index >= 15 is 0 Å². The highest BCUT2D eigenvalue weighted by Gasteiger charge is 2.72. The van der Waals surface area contributed by atoms with Crippen molar-refractivity contribution < 1.29 is 20.1 Å². The molecule has 6 atom stereocenters. The lowest BCUT2D eigenvalue weighted by Crippen LogP contribution is -2.64. The molecule has 1 unspecified atom stereocenters. The minimum atomic E-state index is -0.402. The van der Waals surface area contributed by atoms with E-state index < -0.39 is 6.10 Å². The Balaban J connectivity index is 1.63. The van der Waals surface area contributed by atoms with Crippen molar-refractivity contribution in [1.29, 1.82) is 0 Å². The van der Waals surface area contributed by atoms with Crippen LogP contribution in [0.15, 0.2) is 18.2 Å². The molecule has 1 heterocycles. The van der Waals surface area contributed by atoms with Crippen LogP contribution in [0.2, 0.25) is 0 Å². The Morgan fingerprint density at radius 2 is 2.20 bits per heavy atom. The Morgan fingerprint density at radius 3 is 2.96 bits per heavy atom. The number of phenols is 1. The molecule has 3 fully saturated rings. The molecule has 5 heteroatoms. The number of benzene rings is 1. The van der Waals surface area contributed by atoms with Gasteiger partial charge in [-0.05, 0) is 56.0 Å². The van der Waals surface area contributed by atoms with E-state index in [-0.39, 0.29) is 29.5 Å². The number of hydrogen-bond donors (Lipinski definition) is 3. The van der Waals surface area contributed by atoms with Crippen molar-refractivity contribution in [2.75, 3.05) is 26.8 Å². The van der Waals surface area contributed by atoms with Crippen molar-refractivity contribution in [2.45, 2.75) is 49.3 Å². The van der Waals surface area contributed by atoms with E-state index in [0.717, 1.165) is 25.8 Å². The Labute approximate surface area is 148 Å². The number of ether oxygens (including phenoxy) is 1. The fourth-order valence-electron chi connectivity index (χ4n) is 7.12. The predicted octanol–water partition coefficient (Wildman–Crippen LogP) is 1.04. The van der Waals surface area contributed by atoms with E-state index in [2.05, 4.69) is 18.0 Å². The fraction of sp³-hybridized carbons (Fsp3) is 0.700. The van der Waals surface area contributed by atoms with E-state index in [1.807, 2.05) is 6.07 Å². The maximum atomic E-state index is 11.1. The first-order valence-corrected chi connectivity index (χ1v) is 9.42. The highest BCUT2D eigenvalue weighted by Crippen LogP contribution is 2.69. The molecule has 1 aromatic rings. The zero-order chi connectivity index (χ0) is 17.4. The molecule has 25 heavy (non-hydrogen) atoms. The maximum absolute atomic E-state index is 11.1. The van der Waals surface area contributed by atoms with Gasteiger partial charge in [0.1, 0.15) is 5.75 Å². The third kappa shape index (κ3) is 1.98. The average molecular weight is 345 g/mol. The number of aliphatic hydroxyl groups excluding tert-OH is 2. The molecule has 4 aliphatic rings. The highest BCUT2D eigenvalue weighted by molar-refractivity contribution is 5.49. The van der Waals surface area contributed by atoms with Crippen LogP contribution in [0, 0.1) is 11.3 Å². The predicted molar refractivity (Wildman–Crippen MR) is 92.5 cm³/mol. The number of aromatic hydroxyl groups is 1. The minimum Gasteiger partial charge on any atom is -0.508 e. The van der Waals surface area contributed by atoms with Crippen molar-refractivity contribution in [1.82, 2.24) is 4.90 Å². The zero-order valence-electron chi connectivity index (χ0n) is 14.7. The second-order valence-corrected chi connectivity index (χ2v) is 8.82. The summed E-state index contributed by atoms with van der Waals surface area (Å²) in [5.41, 5.74) is 2.69. The standard InChI is InChI=1S/C20H27NO4/c1-21-11-19-8-12-2-3-13(23)6-15(12)20(10-19)9-14(25-5-4-22)7-16(24)17(20)18(19)21/h2-3,6,14,16-18,22-24H,4-5,7-11H2,1H3/t14-,16-,17-,18+,19?,20+/m1/s1. The Bertz CT molecular complexity index is 709. The topological polar surface area (TPSA) is 73.2 Å². The molecular weight excluding hydrogens is 318 g/mol. The lowest BCUT2D eigenvalue weighted by Gasteiger charge is -2.55. The molecule has 0 amide bonds. The first-order valence-electron chi connectivity index (χ1n) is 9.42. The second-order valence-electron chi connectivity index (χ2n) is 8.82. The summed E-state index contributed by atoms with van der Waals surface area (Å²) in [5.74, 6) is 0.506. The van der Waals surface area contributed by atoms with Gasteiger partial charge in [0.2, 0.25) is 0 Å². The summed E-state index contributed by atoms with van der Waals surface area (Å²) in [4.78, 5) is 2.41. The molecule has 136 valence electrons. The van der Waals surface area contributed by atoms with Crippen LogP contribution in [0.25, 0.3) is 0 Å². The normalized spacial score (nSPS) is 44.6. The molecule has 3 N–H and O–H groups in total. The third-order valence-electron chi connectivity index (χ3n) is 7.44. The van der Waals surface area contributed by atoms with Gasteiger partial charge < -0.3 is 25.0 Å². The summed E-state index contributed by atoms with van der Waals surface area (Å²) in [7, 11) is 2.17. The minimum absolute atomic E-state index is 0.00962. The molecular formula is C20H27NO4. The summed E-state index contributed by atoms with van der Waals surface area (Å²) in [6.45, 7) is 1.42. The molecule has 0 aromatic heterocycles. The van der Waals surface area contributed by atoms with Crippen molar-refractivity contribution >= 4 is 0 Å². The number of phenolic OH excluding ortho intramolecular Hbond substituents is 1. The van der Waals surface area contributed by atoms with Crippen molar-refractivity contribution in [2.24, 2.45) is 11.3 Å². The SMILES string of the molecule is CN1CC23Cc4ccc(O)cc4[C@]4(C[C@H](OCCO)C[C@@H](O)[C@@H]4[C@H]12)C3. The van der Waals surface area contributed by atoms with Crippen LogP contribution in [0.4, 0.5) is 0 Å². The van der Waals surface area contributed by atoms with E-state index in [4.69, 9.17) is 9.84 Å². The molecule has 1 aliphatic heterocycles. The summed E-state index contributed by atoms with van der Waals surface area (Å²) >= 11 is 0. The number of aliphatic hydroxyl groups is 2. The lowest BCUT2D eigenvalue weighted by atomic mass is 9.58. The van der Waals surface area contributed by atoms with Crippen LogP contribution in [0.5, 0.6) is 5.75 Å². The first kappa shape index (κ1) is 16.1. The average Bonchev–Trinajstić information content (AvgIpc) is 2.76. The van der Waals surface area contributed by atoms with Gasteiger partial charge in [-0.15, -0.1) is 0 Å². The van der Waals surface area contributed by atoms with Gasteiger partial charge in [0.05, 0.1) is 25.4 Å². The van der Waals surface area contributed by atoms with Gasteiger partial charge in [0.25, 0.3) is 0 Å².